The van der Waals surface area contributed by atoms with Crippen LogP contribution < -0.4 is 0 Å². The summed E-state index contributed by atoms with van der Waals surface area (Å²) in [6, 6.07) is 40.7. The summed E-state index contributed by atoms with van der Waals surface area (Å²) in [5.41, 5.74) is 11.9. The number of benzene rings is 4. The highest BCUT2D eigenvalue weighted by Crippen LogP contribution is 2.62. The molecule has 0 saturated carbocycles. The van der Waals surface area contributed by atoms with E-state index in [1.807, 2.05) is 12.1 Å². The molecule has 2 aliphatic rings. The monoisotopic (exact) mass is 529 g/mol. The second-order valence-electron chi connectivity index (χ2n) is 12.1. The Bertz CT molecular complexity index is 1940. The second-order valence-corrected chi connectivity index (χ2v) is 12.1. The van der Waals surface area contributed by atoms with Crippen LogP contribution in [0.2, 0.25) is 0 Å². The summed E-state index contributed by atoms with van der Waals surface area (Å²) in [6.45, 7) is 7.26. The van der Waals surface area contributed by atoms with E-state index in [9.17, 15) is 0 Å². The van der Waals surface area contributed by atoms with E-state index in [4.69, 9.17) is 9.97 Å². The molecule has 0 amide bonds. The fourth-order valence-corrected chi connectivity index (χ4v) is 7.16. The third-order valence-corrected chi connectivity index (χ3v) is 9.74. The van der Waals surface area contributed by atoms with Crippen LogP contribution in [0.15, 0.2) is 115 Å². The Balaban J connectivity index is 1.42. The van der Waals surface area contributed by atoms with Gasteiger partial charge in [-0.25, -0.2) is 9.97 Å². The van der Waals surface area contributed by atoms with Gasteiger partial charge in [0.05, 0.1) is 16.9 Å². The van der Waals surface area contributed by atoms with Gasteiger partial charge in [-0.15, -0.1) is 0 Å². The summed E-state index contributed by atoms with van der Waals surface area (Å²) < 4.78 is 2.33. The lowest BCUT2D eigenvalue weighted by Crippen LogP contribution is -2.38. The second kappa shape index (κ2) is 8.62. The fourth-order valence-electron chi connectivity index (χ4n) is 7.16. The summed E-state index contributed by atoms with van der Waals surface area (Å²) >= 11 is 0. The lowest BCUT2D eigenvalue weighted by atomic mass is 9.61. The first-order valence-corrected chi connectivity index (χ1v) is 14.4. The van der Waals surface area contributed by atoms with Crippen LogP contribution in [-0.4, -0.2) is 14.5 Å². The lowest BCUT2D eigenvalue weighted by Gasteiger charge is -2.42. The highest BCUT2D eigenvalue weighted by molar-refractivity contribution is 6.02. The number of nitrogens with zero attached hydrogens (tertiary/aromatic N) is 3. The predicted molar refractivity (Wildman–Crippen MR) is 169 cm³/mol. The molecule has 8 rings (SSSR count). The predicted octanol–water partition coefficient (Wildman–Crippen LogP) is 9.15. The number of hydrogen-bond acceptors (Lipinski definition) is 2. The zero-order chi connectivity index (χ0) is 27.8. The average Bonchev–Trinajstić information content (AvgIpc) is 3.42. The molecule has 3 heteroatoms. The molecular formula is C38H31N3. The Hall–Kier alpha value is -4.76. The topological polar surface area (TPSA) is 30.7 Å². The van der Waals surface area contributed by atoms with E-state index < -0.39 is 0 Å². The molecule has 0 fully saturated rings. The molecular weight excluding hydrogens is 498 g/mol. The van der Waals surface area contributed by atoms with Crippen LogP contribution in [0.25, 0.3) is 51.0 Å². The zero-order valence-electron chi connectivity index (χ0n) is 23.6. The van der Waals surface area contributed by atoms with Crippen LogP contribution >= 0.6 is 0 Å². The van der Waals surface area contributed by atoms with Crippen molar-refractivity contribution in [2.75, 3.05) is 0 Å². The minimum absolute atomic E-state index is 0.0175. The maximum absolute atomic E-state index is 5.25. The number of para-hydroxylation sites is 1. The van der Waals surface area contributed by atoms with E-state index in [1.165, 1.54) is 33.3 Å². The molecule has 0 radical (unpaired) electrons. The van der Waals surface area contributed by atoms with Crippen molar-refractivity contribution in [2.24, 2.45) is 5.41 Å². The molecule has 0 saturated heterocycles. The molecule has 1 atom stereocenters. The summed E-state index contributed by atoms with van der Waals surface area (Å²) in [4.78, 5) is 10.5. The molecule has 0 spiro atoms. The number of fused-ring (bicyclic) bond motifs is 6. The van der Waals surface area contributed by atoms with Crippen molar-refractivity contribution in [2.45, 2.75) is 32.6 Å². The molecule has 2 aromatic heterocycles. The summed E-state index contributed by atoms with van der Waals surface area (Å²) in [5.74, 6) is 0.719. The quantitative estimate of drug-likeness (QED) is 0.229. The highest BCUT2D eigenvalue weighted by atomic mass is 15.2. The minimum atomic E-state index is -0.0604. The van der Waals surface area contributed by atoms with Gasteiger partial charge in [0.25, 0.3) is 0 Å². The van der Waals surface area contributed by atoms with Gasteiger partial charge in [0.15, 0.2) is 0 Å². The SMILES string of the molecule is CC12Cc3c(c4ccccc4n3-c3nc(-c4ccccc4)cc(-c4ccccc4)n3)C=C1c1ccccc1C2(C)C. The number of hydrogen-bond donors (Lipinski definition) is 0. The third-order valence-electron chi connectivity index (χ3n) is 9.74. The minimum Gasteiger partial charge on any atom is -0.282 e. The smallest absolute Gasteiger partial charge is 0.235 e. The number of aromatic nitrogens is 3. The van der Waals surface area contributed by atoms with Crippen molar-refractivity contribution in [3.8, 4) is 28.5 Å². The van der Waals surface area contributed by atoms with Gasteiger partial charge in [0.1, 0.15) is 0 Å². The molecule has 2 heterocycles. The maximum Gasteiger partial charge on any atom is 0.235 e. The van der Waals surface area contributed by atoms with Crippen molar-refractivity contribution >= 4 is 22.6 Å². The Kier molecular flexibility index (Phi) is 5.06. The first kappa shape index (κ1) is 24.1. The first-order chi connectivity index (χ1) is 20.0. The van der Waals surface area contributed by atoms with Crippen molar-refractivity contribution < 1.29 is 0 Å². The van der Waals surface area contributed by atoms with Crippen LogP contribution in [0.3, 0.4) is 0 Å². The normalized spacial score (nSPS) is 18.5. The molecule has 3 nitrogen and oxygen atoms in total. The summed E-state index contributed by atoms with van der Waals surface area (Å²) in [5, 5.41) is 1.24. The Morgan fingerprint density at radius 3 is 1.93 bits per heavy atom. The average molecular weight is 530 g/mol. The Labute approximate surface area is 240 Å². The molecule has 198 valence electrons. The molecule has 0 aliphatic heterocycles. The third kappa shape index (κ3) is 3.39. The van der Waals surface area contributed by atoms with Crippen molar-refractivity contribution in [3.05, 3.63) is 138 Å². The van der Waals surface area contributed by atoms with Gasteiger partial charge in [0.2, 0.25) is 5.95 Å². The highest BCUT2D eigenvalue weighted by Gasteiger charge is 2.54. The van der Waals surface area contributed by atoms with E-state index in [0.717, 1.165) is 40.4 Å². The lowest BCUT2D eigenvalue weighted by molar-refractivity contribution is 0.263. The van der Waals surface area contributed by atoms with Crippen LogP contribution in [0.4, 0.5) is 0 Å². The number of rotatable bonds is 3. The summed E-state index contributed by atoms with van der Waals surface area (Å²) in [6.07, 6.45) is 3.37. The standard InChI is InChI=1S/C38H31N3/c1-37(2)30-20-12-10-19-28(30)31-22-29-27-18-11-13-21-34(27)41(35(29)24-38(31,37)3)36-39-32(25-14-6-4-7-15-25)23-33(40-36)26-16-8-5-9-17-26/h4-23H,24H2,1-3H3. The van der Waals surface area contributed by atoms with Gasteiger partial charge < -0.3 is 0 Å². The van der Waals surface area contributed by atoms with Crippen LogP contribution in [-0.2, 0) is 11.8 Å². The Morgan fingerprint density at radius 1 is 0.659 bits per heavy atom. The fraction of sp³-hybridized carbons (Fsp3) is 0.158. The van der Waals surface area contributed by atoms with E-state index >= 15 is 0 Å². The van der Waals surface area contributed by atoms with Crippen molar-refractivity contribution in [1.82, 2.24) is 14.5 Å². The summed E-state index contributed by atoms with van der Waals surface area (Å²) in [7, 11) is 0. The zero-order valence-corrected chi connectivity index (χ0v) is 23.6. The van der Waals surface area contributed by atoms with E-state index in [-0.39, 0.29) is 10.8 Å². The van der Waals surface area contributed by atoms with E-state index in [1.54, 1.807) is 0 Å². The molecule has 0 bridgehead atoms. The molecule has 0 N–H and O–H groups in total. The van der Waals surface area contributed by atoms with Gasteiger partial charge in [-0.3, -0.25) is 4.57 Å². The van der Waals surface area contributed by atoms with Crippen molar-refractivity contribution in [3.63, 3.8) is 0 Å². The Morgan fingerprint density at radius 2 is 1.24 bits per heavy atom. The first-order valence-electron chi connectivity index (χ1n) is 14.4. The van der Waals surface area contributed by atoms with Crippen LogP contribution in [0.1, 0.15) is 43.2 Å². The van der Waals surface area contributed by atoms with E-state index in [0.29, 0.717) is 0 Å². The van der Waals surface area contributed by atoms with Crippen LogP contribution in [0, 0.1) is 5.41 Å². The molecule has 41 heavy (non-hydrogen) atoms. The van der Waals surface area contributed by atoms with Gasteiger partial charge in [-0.2, -0.15) is 0 Å². The molecule has 1 unspecified atom stereocenters. The van der Waals surface area contributed by atoms with Gasteiger partial charge >= 0.3 is 0 Å². The number of allylic oxidation sites excluding steroid dienone is 1. The van der Waals surface area contributed by atoms with Gasteiger partial charge in [-0.05, 0) is 41.3 Å². The maximum atomic E-state index is 5.25. The van der Waals surface area contributed by atoms with Crippen LogP contribution in [0.5, 0.6) is 0 Å². The largest absolute Gasteiger partial charge is 0.282 e. The van der Waals surface area contributed by atoms with Gasteiger partial charge in [-0.1, -0.05) is 124 Å². The molecule has 4 aromatic carbocycles. The van der Waals surface area contributed by atoms with Gasteiger partial charge in [0, 0.05) is 38.6 Å². The van der Waals surface area contributed by atoms with Crippen molar-refractivity contribution in [1.29, 1.82) is 0 Å². The molecule has 2 aliphatic carbocycles. The molecule has 6 aromatic rings. The van der Waals surface area contributed by atoms with E-state index in [2.05, 4.69) is 135 Å².